The monoisotopic (exact) mass is 1360 g/mol. The summed E-state index contributed by atoms with van der Waals surface area (Å²) < 4.78 is 9.75. The van der Waals surface area contributed by atoms with Gasteiger partial charge in [0.25, 0.3) is 0 Å². The summed E-state index contributed by atoms with van der Waals surface area (Å²) in [5.74, 6) is 0.825. The molecule has 0 aliphatic rings. The topological polar surface area (TPSA) is 48.7 Å². The second-order valence-electron chi connectivity index (χ2n) is 28.3. The molecule has 24 aromatic rings. The van der Waals surface area contributed by atoms with Gasteiger partial charge in [0.15, 0.2) is 5.82 Å². The van der Waals surface area contributed by atoms with Gasteiger partial charge in [-0.1, -0.05) is 212 Å². The van der Waals surface area contributed by atoms with Gasteiger partial charge in [0.1, 0.15) is 5.69 Å². The molecule has 0 fully saturated rings. The van der Waals surface area contributed by atoms with Gasteiger partial charge in [-0.05, 0) is 222 Å². The minimum absolute atomic E-state index is 0.825. The van der Waals surface area contributed by atoms with Crippen LogP contribution in [0.1, 0.15) is 0 Å². The van der Waals surface area contributed by atoms with E-state index in [2.05, 4.69) is 381 Å². The maximum Gasteiger partial charge on any atom is 0.165 e. The van der Waals surface area contributed by atoms with Gasteiger partial charge in [-0.15, -0.1) is 0 Å². The Labute approximate surface area is 613 Å². The Balaban J connectivity index is 0.000000130. The van der Waals surface area contributed by atoms with Gasteiger partial charge in [-0.25, -0.2) is 9.97 Å². The van der Waals surface area contributed by atoms with Gasteiger partial charge in [0.05, 0.1) is 55.2 Å². The zero-order valence-electron chi connectivity index (χ0n) is 57.8. The van der Waals surface area contributed by atoms with Crippen LogP contribution in [0, 0.1) is 0 Å². The highest BCUT2D eigenvalue weighted by atomic mass is 15.1. The average molecular weight is 1360 g/mol. The summed E-state index contributed by atoms with van der Waals surface area (Å²) in [6, 6.07) is 134. The van der Waals surface area contributed by atoms with Gasteiger partial charge < -0.3 is 18.6 Å². The van der Waals surface area contributed by atoms with Crippen LogP contribution in [0.5, 0.6) is 0 Å². The van der Waals surface area contributed by atoms with Crippen LogP contribution in [0.15, 0.2) is 370 Å². The number of rotatable bonds is 8. The molecule has 0 unspecified atom stereocenters. The first-order valence-electron chi connectivity index (χ1n) is 36.7. The van der Waals surface area contributed by atoms with Crippen LogP contribution in [-0.2, 0) is 0 Å². The second-order valence-corrected chi connectivity index (χ2v) is 28.3. The largest absolute Gasteiger partial charge is 0.311 e. The minimum atomic E-state index is 0.825. The number of benzene rings is 17. The van der Waals surface area contributed by atoms with Crippen molar-refractivity contribution < 1.29 is 0 Å². The molecule has 0 N–H and O–H groups in total. The standard InChI is InChI=1S/C52H33N3.C48H28N4/c1-4-16-36(17-5-1)53(37-18-6-2-7-19-37)39-26-28-40(29-27-39)55-46-25-13-23-42-44-33-35-15-11-10-14-34(35)32-43(44)41-22-12-24-45-49(41)51-47(30-31-48(55)52(51)50(42)46)54(45)38-20-8-3-9-21-38;1-3-13-29(14-4-1)47-48(50-38-22-10-9-21-37(38)49-47)52-40-24-12-20-34-36-28-31-16-8-7-15-30(31)27-35(36)33-19-11-23-39-43(33)45-41(25-26-42(52)46(45)44(34)40)51(39)32-17-5-2-6-18-32/h1-33H;1-28H. The van der Waals surface area contributed by atoms with Crippen molar-refractivity contribution in [1.82, 2.24) is 28.2 Å². The third kappa shape index (κ3) is 8.71. The molecule has 0 spiro atoms. The molecule has 0 aliphatic carbocycles. The molecule has 496 valence electrons. The van der Waals surface area contributed by atoms with Gasteiger partial charge >= 0.3 is 0 Å². The van der Waals surface area contributed by atoms with Crippen LogP contribution in [0.4, 0.5) is 17.1 Å². The van der Waals surface area contributed by atoms with Gasteiger partial charge in [-0.2, -0.15) is 0 Å². The number of fused-ring (bicyclic) bond motifs is 9. The Bertz CT molecular complexity index is 7670. The summed E-state index contributed by atoms with van der Waals surface area (Å²) in [5.41, 5.74) is 19.9. The molecule has 0 radical (unpaired) electrons. The molecule has 24 rings (SSSR count). The normalized spacial score (nSPS) is 12.1. The fourth-order valence-electron chi connectivity index (χ4n) is 18.2. The van der Waals surface area contributed by atoms with Crippen molar-refractivity contribution in [1.29, 1.82) is 0 Å². The predicted octanol–water partition coefficient (Wildman–Crippen LogP) is 26.6. The van der Waals surface area contributed by atoms with Crippen molar-refractivity contribution in [2.75, 3.05) is 4.90 Å². The van der Waals surface area contributed by atoms with E-state index in [9.17, 15) is 0 Å². The first kappa shape index (κ1) is 59.2. The van der Waals surface area contributed by atoms with Crippen LogP contribution < -0.4 is 4.90 Å². The van der Waals surface area contributed by atoms with Crippen molar-refractivity contribution in [2.24, 2.45) is 0 Å². The van der Waals surface area contributed by atoms with Crippen molar-refractivity contribution >= 4 is 180 Å². The van der Waals surface area contributed by atoms with Crippen LogP contribution in [0.3, 0.4) is 0 Å². The van der Waals surface area contributed by atoms with E-state index in [1.54, 1.807) is 0 Å². The molecule has 0 amide bonds. The molecule has 5 aromatic heterocycles. The average Bonchev–Trinajstić information content (AvgIpc) is 1.51. The summed E-state index contributed by atoms with van der Waals surface area (Å²) in [4.78, 5) is 13.1. The fraction of sp³-hybridized carbons (Fsp3) is 0. The van der Waals surface area contributed by atoms with Crippen molar-refractivity contribution in [3.63, 3.8) is 0 Å². The summed E-state index contributed by atoms with van der Waals surface area (Å²) in [7, 11) is 0. The zero-order valence-corrected chi connectivity index (χ0v) is 57.8. The van der Waals surface area contributed by atoms with E-state index in [0.29, 0.717) is 0 Å². The third-order valence-corrected chi connectivity index (χ3v) is 22.6. The summed E-state index contributed by atoms with van der Waals surface area (Å²) in [5, 5.41) is 25.2. The molecule has 107 heavy (non-hydrogen) atoms. The van der Waals surface area contributed by atoms with Crippen molar-refractivity contribution in [3.8, 4) is 34.1 Å². The maximum atomic E-state index is 5.44. The van der Waals surface area contributed by atoms with Crippen LogP contribution in [0.2, 0.25) is 0 Å². The Hall–Kier alpha value is -14.4. The lowest BCUT2D eigenvalue weighted by molar-refractivity contribution is 1.08. The smallest absolute Gasteiger partial charge is 0.165 e. The molecule has 0 saturated carbocycles. The third-order valence-electron chi connectivity index (χ3n) is 22.6. The van der Waals surface area contributed by atoms with Crippen molar-refractivity contribution in [2.45, 2.75) is 0 Å². The summed E-state index contributed by atoms with van der Waals surface area (Å²) >= 11 is 0. The Morgan fingerprint density at radius 1 is 0.196 bits per heavy atom. The number of nitrogens with zero attached hydrogens (tertiary/aromatic N) is 7. The van der Waals surface area contributed by atoms with E-state index in [0.717, 1.165) is 73.3 Å². The molecule has 0 bridgehead atoms. The van der Waals surface area contributed by atoms with Crippen LogP contribution >= 0.6 is 0 Å². The molecule has 0 atom stereocenters. The van der Waals surface area contributed by atoms with E-state index in [1.165, 1.54) is 141 Å². The first-order valence-corrected chi connectivity index (χ1v) is 36.7. The minimum Gasteiger partial charge on any atom is -0.311 e. The SMILES string of the molecule is c1ccc(-c2nc3ccccc3nc2-n2c3cccc4c5cc6ccccc6cc5c5cccc6c5c5c(c43)c2ccc5n6-c2ccccc2)cc1.c1ccc(N(c2ccccc2)c2ccc(-n3c4cccc5c6cc7ccccc7cc6c6cccc7c6c6c(c54)c3ccc6n7-c3ccccc3)cc2)cc1. The quantitative estimate of drug-likeness (QED) is 0.152. The highest BCUT2D eigenvalue weighted by Gasteiger charge is 2.29. The molecule has 5 heterocycles. The van der Waals surface area contributed by atoms with Crippen LogP contribution in [-0.4, -0.2) is 28.2 Å². The predicted molar refractivity (Wildman–Crippen MR) is 451 cm³/mol. The second kappa shape index (κ2) is 23.1. The Kier molecular flexibility index (Phi) is 12.7. The lowest BCUT2D eigenvalue weighted by Crippen LogP contribution is -2.09. The van der Waals surface area contributed by atoms with E-state index in [4.69, 9.17) is 9.97 Å². The van der Waals surface area contributed by atoms with E-state index < -0.39 is 0 Å². The number of hydrogen-bond donors (Lipinski definition) is 0. The number of aromatic nitrogens is 6. The first-order chi connectivity index (χ1) is 53.1. The number of anilines is 3. The summed E-state index contributed by atoms with van der Waals surface area (Å²) in [6.07, 6.45) is 0. The molecule has 19 aromatic carbocycles. The number of hydrogen-bond acceptors (Lipinski definition) is 3. The molecule has 0 saturated heterocycles. The van der Waals surface area contributed by atoms with Gasteiger partial charge in [0.2, 0.25) is 0 Å². The molecule has 7 heteroatoms. The van der Waals surface area contributed by atoms with Crippen molar-refractivity contribution in [3.05, 3.63) is 370 Å². The van der Waals surface area contributed by atoms with E-state index >= 15 is 0 Å². The lowest BCUT2D eigenvalue weighted by Gasteiger charge is -2.25. The highest BCUT2D eigenvalue weighted by Crippen LogP contribution is 2.52. The van der Waals surface area contributed by atoms with E-state index in [-0.39, 0.29) is 0 Å². The Morgan fingerprint density at radius 3 is 0.869 bits per heavy atom. The Morgan fingerprint density at radius 2 is 0.486 bits per heavy atom. The lowest BCUT2D eigenvalue weighted by atomic mass is 9.93. The van der Waals surface area contributed by atoms with Crippen LogP contribution in [0.25, 0.3) is 197 Å². The molecular formula is C100H61N7. The highest BCUT2D eigenvalue weighted by molar-refractivity contribution is 6.41. The molecule has 7 nitrogen and oxygen atoms in total. The van der Waals surface area contributed by atoms with Gasteiger partial charge in [-0.3, -0.25) is 4.57 Å². The fourth-order valence-corrected chi connectivity index (χ4v) is 18.2. The number of para-hydroxylation sites is 6. The maximum absolute atomic E-state index is 5.44. The molecule has 0 aliphatic heterocycles. The zero-order chi connectivity index (χ0) is 70.0. The van der Waals surface area contributed by atoms with Gasteiger partial charge in [0, 0.05) is 82.8 Å². The molecular weight excluding hydrogens is 1300 g/mol. The van der Waals surface area contributed by atoms with E-state index in [1.807, 2.05) is 12.1 Å². The summed E-state index contributed by atoms with van der Waals surface area (Å²) in [6.45, 7) is 0.